The number of hydrogen-bond donors (Lipinski definition) is 1. The third kappa shape index (κ3) is 4.18. The van der Waals surface area contributed by atoms with Gasteiger partial charge in [-0.2, -0.15) is 0 Å². The molecule has 1 fully saturated rings. The normalized spacial score (nSPS) is 18.6. The van der Waals surface area contributed by atoms with Crippen molar-refractivity contribution in [2.75, 3.05) is 6.61 Å². The molecule has 18 heavy (non-hydrogen) atoms. The Kier molecular flexibility index (Phi) is 5.33. The number of ether oxygens (including phenoxy) is 1. The van der Waals surface area contributed by atoms with Gasteiger partial charge in [0.2, 0.25) is 0 Å². The first-order chi connectivity index (χ1) is 8.75. The van der Waals surface area contributed by atoms with Crippen LogP contribution in [0.5, 0.6) is 5.75 Å². The van der Waals surface area contributed by atoms with E-state index in [2.05, 4.69) is 0 Å². The zero-order valence-electron chi connectivity index (χ0n) is 10.6. The van der Waals surface area contributed by atoms with Gasteiger partial charge in [0.1, 0.15) is 5.75 Å². The van der Waals surface area contributed by atoms with E-state index in [4.69, 9.17) is 16.3 Å². The maximum atomic E-state index is 10.1. The van der Waals surface area contributed by atoms with Crippen LogP contribution in [0.15, 0.2) is 24.3 Å². The smallest absolute Gasteiger partial charge is 0.119 e. The summed E-state index contributed by atoms with van der Waals surface area (Å²) in [4.78, 5) is 0. The molecule has 1 atom stereocenters. The Morgan fingerprint density at radius 2 is 1.83 bits per heavy atom. The molecule has 1 aliphatic rings. The summed E-state index contributed by atoms with van der Waals surface area (Å²) >= 11 is 5.80. The van der Waals surface area contributed by atoms with Crippen LogP contribution < -0.4 is 4.74 Å². The van der Waals surface area contributed by atoms with Crippen LogP contribution in [0, 0.1) is 5.92 Å². The topological polar surface area (TPSA) is 29.5 Å². The van der Waals surface area contributed by atoms with Crippen molar-refractivity contribution >= 4 is 11.6 Å². The van der Waals surface area contributed by atoms with E-state index in [0.29, 0.717) is 24.0 Å². The van der Waals surface area contributed by atoms with Gasteiger partial charge >= 0.3 is 0 Å². The summed E-state index contributed by atoms with van der Waals surface area (Å²) in [5.41, 5.74) is 0. The lowest BCUT2D eigenvalue weighted by molar-refractivity contribution is 0.0641. The number of rotatable bonds is 5. The van der Waals surface area contributed by atoms with Gasteiger partial charge in [-0.1, -0.05) is 30.9 Å². The lowest BCUT2D eigenvalue weighted by Crippen LogP contribution is -2.24. The molecule has 1 N–H and O–H groups in total. The zero-order valence-corrected chi connectivity index (χ0v) is 11.4. The molecule has 0 bridgehead atoms. The average Bonchev–Trinajstić information content (AvgIpc) is 2.42. The van der Waals surface area contributed by atoms with Crippen molar-refractivity contribution < 1.29 is 9.84 Å². The van der Waals surface area contributed by atoms with E-state index in [-0.39, 0.29) is 6.10 Å². The van der Waals surface area contributed by atoms with Crippen molar-refractivity contribution in [3.63, 3.8) is 0 Å². The Balaban J connectivity index is 1.69. The molecule has 0 aliphatic heterocycles. The molecule has 3 heteroatoms. The highest BCUT2D eigenvalue weighted by Crippen LogP contribution is 2.27. The molecule has 0 saturated heterocycles. The van der Waals surface area contributed by atoms with Crippen molar-refractivity contribution in [3.8, 4) is 5.75 Å². The minimum atomic E-state index is -0.211. The van der Waals surface area contributed by atoms with Crippen LogP contribution in [0.2, 0.25) is 5.02 Å². The molecule has 0 radical (unpaired) electrons. The minimum absolute atomic E-state index is 0.211. The van der Waals surface area contributed by atoms with Crippen LogP contribution in [-0.4, -0.2) is 17.8 Å². The van der Waals surface area contributed by atoms with Gasteiger partial charge in [0, 0.05) is 11.4 Å². The molecule has 1 aromatic carbocycles. The summed E-state index contributed by atoms with van der Waals surface area (Å²) in [6.45, 7) is 0.569. The zero-order chi connectivity index (χ0) is 12.8. The van der Waals surface area contributed by atoms with E-state index in [1.165, 1.54) is 32.1 Å². The molecule has 2 nitrogen and oxygen atoms in total. The first-order valence-electron chi connectivity index (χ1n) is 6.82. The highest BCUT2D eigenvalue weighted by atomic mass is 35.5. The summed E-state index contributed by atoms with van der Waals surface area (Å²) in [6, 6.07) is 7.34. The second kappa shape index (κ2) is 7.01. The largest absolute Gasteiger partial charge is 0.493 e. The molecule has 1 aromatic rings. The van der Waals surface area contributed by atoms with E-state index >= 15 is 0 Å². The molecule has 2 rings (SSSR count). The van der Waals surface area contributed by atoms with E-state index in [1.807, 2.05) is 24.3 Å². The first kappa shape index (κ1) is 13.7. The van der Waals surface area contributed by atoms with Gasteiger partial charge in [0.05, 0.1) is 12.7 Å². The van der Waals surface area contributed by atoms with E-state index in [9.17, 15) is 5.11 Å². The number of hydrogen-bond acceptors (Lipinski definition) is 2. The maximum Gasteiger partial charge on any atom is 0.119 e. The van der Waals surface area contributed by atoms with Crippen LogP contribution in [0.4, 0.5) is 0 Å². The van der Waals surface area contributed by atoms with Crippen molar-refractivity contribution in [2.45, 2.75) is 44.6 Å². The van der Waals surface area contributed by atoms with Crippen LogP contribution in [0.3, 0.4) is 0 Å². The molecule has 0 spiro atoms. The van der Waals surface area contributed by atoms with Gasteiger partial charge in [0.15, 0.2) is 0 Å². The molecule has 0 amide bonds. The second-order valence-corrected chi connectivity index (χ2v) is 5.49. The van der Waals surface area contributed by atoms with Crippen LogP contribution >= 0.6 is 11.6 Å². The minimum Gasteiger partial charge on any atom is -0.493 e. The molecular formula is C15H21ClO2. The molecule has 0 aromatic heterocycles. The van der Waals surface area contributed by atoms with E-state index in [0.717, 1.165) is 5.75 Å². The maximum absolute atomic E-state index is 10.1. The highest BCUT2D eigenvalue weighted by Gasteiger charge is 2.21. The van der Waals surface area contributed by atoms with Gasteiger partial charge in [0.25, 0.3) is 0 Å². The fourth-order valence-electron chi connectivity index (χ4n) is 2.58. The van der Waals surface area contributed by atoms with E-state index in [1.54, 1.807) is 0 Å². The van der Waals surface area contributed by atoms with E-state index < -0.39 is 0 Å². The molecule has 1 saturated carbocycles. The SMILES string of the molecule is OC(CCOc1ccc(Cl)cc1)C1CCCCC1. The van der Waals surface area contributed by atoms with Crippen LogP contribution in [-0.2, 0) is 0 Å². The number of aliphatic hydroxyl groups excluding tert-OH is 1. The van der Waals surface area contributed by atoms with Crippen molar-refractivity contribution in [1.29, 1.82) is 0 Å². The van der Waals surface area contributed by atoms with Crippen molar-refractivity contribution in [1.82, 2.24) is 0 Å². The quantitative estimate of drug-likeness (QED) is 0.873. The predicted molar refractivity (Wildman–Crippen MR) is 74.1 cm³/mol. The summed E-state index contributed by atoms with van der Waals surface area (Å²) in [5, 5.41) is 10.8. The van der Waals surface area contributed by atoms with Gasteiger partial charge in [-0.25, -0.2) is 0 Å². The van der Waals surface area contributed by atoms with Crippen LogP contribution in [0.1, 0.15) is 38.5 Å². The monoisotopic (exact) mass is 268 g/mol. The molecule has 0 heterocycles. The lowest BCUT2D eigenvalue weighted by Gasteiger charge is -2.26. The van der Waals surface area contributed by atoms with Crippen molar-refractivity contribution in [3.05, 3.63) is 29.3 Å². The summed E-state index contributed by atoms with van der Waals surface area (Å²) in [6.07, 6.45) is 6.69. The Bertz CT molecular complexity index is 344. The Labute approximate surface area is 114 Å². The summed E-state index contributed by atoms with van der Waals surface area (Å²) < 4.78 is 5.60. The fraction of sp³-hybridized carbons (Fsp3) is 0.600. The third-order valence-corrected chi connectivity index (χ3v) is 3.94. The molecule has 100 valence electrons. The lowest BCUT2D eigenvalue weighted by atomic mass is 9.84. The highest BCUT2D eigenvalue weighted by molar-refractivity contribution is 6.30. The third-order valence-electron chi connectivity index (χ3n) is 3.69. The van der Waals surface area contributed by atoms with Gasteiger partial charge in [-0.15, -0.1) is 0 Å². The average molecular weight is 269 g/mol. The predicted octanol–water partition coefficient (Wildman–Crippen LogP) is 4.05. The van der Waals surface area contributed by atoms with Crippen LogP contribution in [0.25, 0.3) is 0 Å². The van der Waals surface area contributed by atoms with Gasteiger partial charge in [-0.3, -0.25) is 0 Å². The number of aliphatic hydroxyl groups is 1. The number of benzene rings is 1. The van der Waals surface area contributed by atoms with Gasteiger partial charge in [-0.05, 0) is 43.0 Å². The van der Waals surface area contributed by atoms with Crippen molar-refractivity contribution in [2.24, 2.45) is 5.92 Å². The summed E-state index contributed by atoms with van der Waals surface area (Å²) in [5.74, 6) is 1.29. The standard InChI is InChI=1S/C15H21ClO2/c16-13-6-8-14(9-7-13)18-11-10-15(17)12-4-2-1-3-5-12/h6-9,12,15,17H,1-5,10-11H2. The Hall–Kier alpha value is -0.730. The first-order valence-corrected chi connectivity index (χ1v) is 7.20. The molecule has 1 aliphatic carbocycles. The molecule has 1 unspecified atom stereocenters. The van der Waals surface area contributed by atoms with Gasteiger partial charge < -0.3 is 9.84 Å². The number of halogens is 1. The Morgan fingerprint density at radius 3 is 2.50 bits per heavy atom. The summed E-state index contributed by atoms with van der Waals surface area (Å²) in [7, 11) is 0. The Morgan fingerprint density at radius 1 is 1.17 bits per heavy atom. The fourth-order valence-corrected chi connectivity index (χ4v) is 2.71. The molecular weight excluding hydrogens is 248 g/mol. The second-order valence-electron chi connectivity index (χ2n) is 5.06.